The molecule has 1 aliphatic heterocycles. The third kappa shape index (κ3) is 4.37. The van der Waals surface area contributed by atoms with Crippen LogP contribution in [0.25, 0.3) is 0 Å². The van der Waals surface area contributed by atoms with Gasteiger partial charge in [-0.15, -0.1) is 6.58 Å². The van der Waals surface area contributed by atoms with E-state index in [1.54, 1.807) is 12.1 Å². The Balaban J connectivity index is 1.97. The first-order valence-corrected chi connectivity index (χ1v) is 8.46. The zero-order valence-corrected chi connectivity index (χ0v) is 13.5. The van der Waals surface area contributed by atoms with Gasteiger partial charge in [0.25, 0.3) is 10.1 Å². The Bertz CT molecular complexity index is 626. The van der Waals surface area contributed by atoms with Gasteiger partial charge in [-0.2, -0.15) is 8.42 Å². The van der Waals surface area contributed by atoms with E-state index in [9.17, 15) is 18.6 Å². The van der Waals surface area contributed by atoms with Crippen molar-refractivity contribution in [2.75, 3.05) is 13.2 Å². The summed E-state index contributed by atoms with van der Waals surface area (Å²) in [6.45, 7) is 5.00. The fourth-order valence-corrected chi connectivity index (χ4v) is 3.00. The second-order valence-electron chi connectivity index (χ2n) is 5.20. The summed E-state index contributed by atoms with van der Waals surface area (Å²) in [6, 6.07) is 6.17. The molecular formula is C15H20O7S. The third-order valence-electron chi connectivity index (χ3n) is 3.39. The summed E-state index contributed by atoms with van der Waals surface area (Å²) in [6.07, 6.45) is -3.20. The zero-order chi connectivity index (χ0) is 17.0. The molecule has 23 heavy (non-hydrogen) atoms. The first-order valence-electron chi connectivity index (χ1n) is 7.05. The second kappa shape index (κ2) is 7.52. The number of benzene rings is 1. The van der Waals surface area contributed by atoms with E-state index in [1.165, 1.54) is 18.2 Å². The number of aliphatic hydroxyl groups excluding tert-OH is 2. The largest absolute Gasteiger partial charge is 0.387 e. The highest BCUT2D eigenvalue weighted by atomic mass is 32.2. The summed E-state index contributed by atoms with van der Waals surface area (Å²) in [5.41, 5.74) is 0.920. The maximum Gasteiger partial charge on any atom is 0.297 e. The Morgan fingerprint density at radius 1 is 1.26 bits per heavy atom. The molecule has 0 bridgehead atoms. The Morgan fingerprint density at radius 3 is 2.52 bits per heavy atom. The lowest BCUT2D eigenvalue weighted by Gasteiger charge is -2.14. The highest BCUT2D eigenvalue weighted by Gasteiger charge is 2.44. The third-order valence-corrected chi connectivity index (χ3v) is 4.69. The van der Waals surface area contributed by atoms with Crippen LogP contribution in [0, 0.1) is 6.92 Å². The standard InChI is InChI=1S/C15H20O7S/c1-3-8-20-15-14(17)13(16)12(22-15)9-21-23(18,19)11-6-4-10(2)5-7-11/h3-7,12-17H,1,8-9H2,2H3/t12?,13?,14-,15?/m0/s1. The van der Waals surface area contributed by atoms with Crippen LogP contribution in [0.15, 0.2) is 41.8 Å². The summed E-state index contributed by atoms with van der Waals surface area (Å²) in [7, 11) is -3.97. The van der Waals surface area contributed by atoms with Crippen LogP contribution in [0.1, 0.15) is 5.56 Å². The van der Waals surface area contributed by atoms with Crippen LogP contribution in [-0.2, 0) is 23.8 Å². The van der Waals surface area contributed by atoms with Crippen molar-refractivity contribution < 1.29 is 32.3 Å². The van der Waals surface area contributed by atoms with Gasteiger partial charge in [0, 0.05) is 0 Å². The molecule has 2 rings (SSSR count). The highest BCUT2D eigenvalue weighted by Crippen LogP contribution is 2.24. The van der Waals surface area contributed by atoms with Crippen LogP contribution in [0.2, 0.25) is 0 Å². The molecule has 1 aliphatic rings. The van der Waals surface area contributed by atoms with Crippen molar-refractivity contribution in [3.63, 3.8) is 0 Å². The Kier molecular flexibility index (Phi) is 5.90. The van der Waals surface area contributed by atoms with Gasteiger partial charge in [-0.1, -0.05) is 23.8 Å². The number of rotatable bonds is 7. The van der Waals surface area contributed by atoms with Crippen LogP contribution in [0.5, 0.6) is 0 Å². The molecule has 4 atom stereocenters. The van der Waals surface area contributed by atoms with E-state index in [0.717, 1.165) is 5.56 Å². The molecule has 8 heteroatoms. The molecule has 0 radical (unpaired) electrons. The van der Waals surface area contributed by atoms with E-state index < -0.39 is 41.3 Å². The van der Waals surface area contributed by atoms with E-state index in [2.05, 4.69) is 6.58 Å². The van der Waals surface area contributed by atoms with Crippen molar-refractivity contribution in [3.05, 3.63) is 42.5 Å². The van der Waals surface area contributed by atoms with Crippen molar-refractivity contribution in [1.82, 2.24) is 0 Å². The first kappa shape index (κ1) is 18.1. The van der Waals surface area contributed by atoms with E-state index in [4.69, 9.17) is 13.7 Å². The minimum atomic E-state index is -3.97. The molecule has 0 aliphatic carbocycles. The molecule has 1 aromatic rings. The molecule has 3 unspecified atom stereocenters. The van der Waals surface area contributed by atoms with Crippen LogP contribution < -0.4 is 0 Å². The topological polar surface area (TPSA) is 102 Å². The van der Waals surface area contributed by atoms with Crippen molar-refractivity contribution in [2.24, 2.45) is 0 Å². The summed E-state index contributed by atoms with van der Waals surface area (Å²) < 4.78 is 39.5. The fraction of sp³-hybridized carbons (Fsp3) is 0.467. The van der Waals surface area contributed by atoms with Crippen molar-refractivity contribution in [1.29, 1.82) is 0 Å². The Labute approximate surface area is 135 Å². The lowest BCUT2D eigenvalue weighted by molar-refractivity contribution is -0.161. The lowest BCUT2D eigenvalue weighted by atomic mass is 10.1. The molecule has 1 aromatic carbocycles. The minimum absolute atomic E-state index is 0.00981. The molecule has 0 spiro atoms. The lowest BCUT2D eigenvalue weighted by Crippen LogP contribution is -2.35. The van der Waals surface area contributed by atoms with Gasteiger partial charge in [0.05, 0.1) is 18.1 Å². The average Bonchev–Trinajstić information content (AvgIpc) is 2.79. The summed E-state index contributed by atoms with van der Waals surface area (Å²) in [5.74, 6) is 0. The van der Waals surface area contributed by atoms with Crippen molar-refractivity contribution in [3.8, 4) is 0 Å². The van der Waals surface area contributed by atoms with Crippen LogP contribution in [0.3, 0.4) is 0 Å². The monoisotopic (exact) mass is 344 g/mol. The van der Waals surface area contributed by atoms with Crippen molar-refractivity contribution >= 4 is 10.1 Å². The Morgan fingerprint density at radius 2 is 1.91 bits per heavy atom. The molecule has 1 saturated heterocycles. The Hall–Kier alpha value is -1.29. The van der Waals surface area contributed by atoms with Crippen LogP contribution >= 0.6 is 0 Å². The molecule has 2 N–H and O–H groups in total. The molecular weight excluding hydrogens is 324 g/mol. The number of hydrogen-bond acceptors (Lipinski definition) is 7. The molecule has 128 valence electrons. The zero-order valence-electron chi connectivity index (χ0n) is 12.7. The normalized spacial score (nSPS) is 28.0. The predicted octanol–water partition coefficient (Wildman–Crippen LogP) is 0.350. The summed E-state index contributed by atoms with van der Waals surface area (Å²) >= 11 is 0. The van der Waals surface area contributed by atoms with Gasteiger partial charge in [0.15, 0.2) is 6.29 Å². The SMILES string of the molecule is C=CCOC1OC(COS(=O)(=O)c2ccc(C)cc2)C(O)[C@@H]1O. The predicted molar refractivity (Wildman–Crippen MR) is 81.1 cm³/mol. The molecule has 1 heterocycles. The smallest absolute Gasteiger partial charge is 0.297 e. The van der Waals surface area contributed by atoms with Gasteiger partial charge in [-0.05, 0) is 19.1 Å². The number of aliphatic hydroxyl groups is 2. The first-order chi connectivity index (χ1) is 10.8. The second-order valence-corrected chi connectivity index (χ2v) is 6.81. The number of ether oxygens (including phenoxy) is 2. The molecule has 0 saturated carbocycles. The van der Waals surface area contributed by atoms with Gasteiger partial charge in [-0.25, -0.2) is 0 Å². The quantitative estimate of drug-likeness (QED) is 0.543. The molecule has 0 amide bonds. The maximum absolute atomic E-state index is 12.1. The van der Waals surface area contributed by atoms with Crippen LogP contribution in [-0.4, -0.2) is 56.4 Å². The van der Waals surface area contributed by atoms with Crippen molar-refractivity contribution in [2.45, 2.75) is 36.4 Å². The van der Waals surface area contributed by atoms with E-state index in [-0.39, 0.29) is 11.5 Å². The summed E-state index contributed by atoms with van der Waals surface area (Å²) in [4.78, 5) is 0.00981. The van der Waals surface area contributed by atoms with Gasteiger partial charge in [0.2, 0.25) is 0 Å². The van der Waals surface area contributed by atoms with Gasteiger partial charge >= 0.3 is 0 Å². The highest BCUT2D eigenvalue weighted by molar-refractivity contribution is 7.86. The average molecular weight is 344 g/mol. The fourth-order valence-electron chi connectivity index (χ4n) is 2.08. The maximum atomic E-state index is 12.1. The minimum Gasteiger partial charge on any atom is -0.387 e. The van der Waals surface area contributed by atoms with Gasteiger partial charge in [0.1, 0.15) is 18.3 Å². The van der Waals surface area contributed by atoms with Gasteiger partial charge < -0.3 is 19.7 Å². The van der Waals surface area contributed by atoms with Crippen LogP contribution in [0.4, 0.5) is 0 Å². The molecule has 1 fully saturated rings. The van der Waals surface area contributed by atoms with E-state index >= 15 is 0 Å². The number of hydrogen-bond donors (Lipinski definition) is 2. The molecule has 7 nitrogen and oxygen atoms in total. The van der Waals surface area contributed by atoms with Gasteiger partial charge in [-0.3, -0.25) is 4.18 Å². The number of aryl methyl sites for hydroxylation is 1. The van der Waals surface area contributed by atoms with E-state index in [0.29, 0.717) is 0 Å². The van der Waals surface area contributed by atoms with E-state index in [1.807, 2.05) is 6.92 Å². The summed E-state index contributed by atoms with van der Waals surface area (Å²) in [5, 5.41) is 19.7. The molecule has 0 aromatic heterocycles.